The van der Waals surface area contributed by atoms with Crippen molar-refractivity contribution in [3.05, 3.63) is 59.7 Å². The van der Waals surface area contributed by atoms with Crippen molar-refractivity contribution in [1.29, 1.82) is 0 Å². The van der Waals surface area contributed by atoms with Gasteiger partial charge in [-0.05, 0) is 42.0 Å². The fourth-order valence-corrected chi connectivity index (χ4v) is 1.88. The third-order valence-electron chi connectivity index (χ3n) is 2.89. The molecule has 0 saturated carbocycles. The molecule has 22 heavy (non-hydrogen) atoms. The minimum absolute atomic E-state index is 0.152. The first kappa shape index (κ1) is 15.7. The van der Waals surface area contributed by atoms with Crippen molar-refractivity contribution in [3.8, 4) is 5.75 Å². The average Bonchev–Trinajstić information content (AvgIpc) is 2.50. The molecule has 0 radical (unpaired) electrons. The van der Waals surface area contributed by atoms with Crippen LogP contribution in [0.5, 0.6) is 5.75 Å². The lowest BCUT2D eigenvalue weighted by atomic mass is 10.1. The maximum absolute atomic E-state index is 12.0. The standard InChI is InChI=1S/C17H17NO4/c1-12(19)18-15-7-9-16(10-8-15)22-17(20)14-5-3-13(4-6-14)11-21-2/h3-10H,11H2,1-2H3,(H,18,19). The van der Waals surface area contributed by atoms with Crippen LogP contribution in [0.1, 0.15) is 22.8 Å². The van der Waals surface area contributed by atoms with Crippen molar-refractivity contribution in [2.75, 3.05) is 12.4 Å². The van der Waals surface area contributed by atoms with Gasteiger partial charge in [0.25, 0.3) is 0 Å². The van der Waals surface area contributed by atoms with Gasteiger partial charge in [-0.25, -0.2) is 4.79 Å². The Morgan fingerprint density at radius 3 is 2.18 bits per heavy atom. The van der Waals surface area contributed by atoms with Crippen molar-refractivity contribution < 1.29 is 19.1 Å². The summed E-state index contributed by atoms with van der Waals surface area (Å²) in [4.78, 5) is 23.0. The van der Waals surface area contributed by atoms with Gasteiger partial charge >= 0.3 is 5.97 Å². The van der Waals surface area contributed by atoms with Crippen molar-refractivity contribution in [2.24, 2.45) is 0 Å². The van der Waals surface area contributed by atoms with Crippen molar-refractivity contribution in [2.45, 2.75) is 13.5 Å². The number of ether oxygens (including phenoxy) is 2. The molecule has 114 valence electrons. The summed E-state index contributed by atoms with van der Waals surface area (Å²) < 4.78 is 10.3. The third kappa shape index (κ3) is 4.43. The molecule has 0 aliphatic heterocycles. The van der Waals surface area contributed by atoms with E-state index in [9.17, 15) is 9.59 Å². The predicted molar refractivity (Wildman–Crippen MR) is 82.9 cm³/mol. The summed E-state index contributed by atoms with van der Waals surface area (Å²) in [6.45, 7) is 1.93. The van der Waals surface area contributed by atoms with E-state index in [-0.39, 0.29) is 5.91 Å². The maximum Gasteiger partial charge on any atom is 0.343 e. The van der Waals surface area contributed by atoms with E-state index in [0.717, 1.165) is 5.56 Å². The number of esters is 1. The van der Waals surface area contributed by atoms with E-state index in [1.807, 2.05) is 12.1 Å². The maximum atomic E-state index is 12.0. The van der Waals surface area contributed by atoms with Crippen LogP contribution in [0, 0.1) is 0 Å². The summed E-state index contributed by atoms with van der Waals surface area (Å²) in [5, 5.41) is 2.64. The van der Waals surface area contributed by atoms with Crippen LogP contribution in [0.4, 0.5) is 5.69 Å². The van der Waals surface area contributed by atoms with Gasteiger partial charge < -0.3 is 14.8 Å². The van der Waals surface area contributed by atoms with Crippen LogP contribution in [0.25, 0.3) is 0 Å². The highest BCUT2D eigenvalue weighted by Gasteiger charge is 2.08. The zero-order valence-corrected chi connectivity index (χ0v) is 12.5. The first-order chi connectivity index (χ1) is 10.6. The molecular weight excluding hydrogens is 282 g/mol. The lowest BCUT2D eigenvalue weighted by Crippen LogP contribution is -2.09. The summed E-state index contributed by atoms with van der Waals surface area (Å²) in [5.41, 5.74) is 2.10. The summed E-state index contributed by atoms with van der Waals surface area (Å²) in [6, 6.07) is 13.6. The van der Waals surface area contributed by atoms with Crippen molar-refractivity contribution in [3.63, 3.8) is 0 Å². The van der Waals surface area contributed by atoms with E-state index in [0.29, 0.717) is 23.6 Å². The molecule has 0 aromatic heterocycles. The van der Waals surface area contributed by atoms with Gasteiger partial charge in [0, 0.05) is 19.7 Å². The number of methoxy groups -OCH3 is 1. The van der Waals surface area contributed by atoms with Crippen LogP contribution >= 0.6 is 0 Å². The third-order valence-corrected chi connectivity index (χ3v) is 2.89. The molecule has 0 heterocycles. The van der Waals surface area contributed by atoms with Crippen LogP contribution in [0.2, 0.25) is 0 Å². The van der Waals surface area contributed by atoms with Gasteiger partial charge in [-0.2, -0.15) is 0 Å². The molecule has 1 amide bonds. The van der Waals surface area contributed by atoms with Gasteiger partial charge in [0.1, 0.15) is 5.75 Å². The van der Waals surface area contributed by atoms with Crippen LogP contribution in [-0.2, 0) is 16.1 Å². The quantitative estimate of drug-likeness (QED) is 0.681. The number of amides is 1. The molecule has 0 spiro atoms. The Kier molecular flexibility index (Phi) is 5.27. The molecule has 1 N–H and O–H groups in total. The highest BCUT2D eigenvalue weighted by atomic mass is 16.5. The number of benzene rings is 2. The second kappa shape index (κ2) is 7.38. The fourth-order valence-electron chi connectivity index (χ4n) is 1.88. The van der Waals surface area contributed by atoms with Gasteiger partial charge in [0.15, 0.2) is 0 Å². The fraction of sp³-hybridized carbons (Fsp3) is 0.176. The molecule has 0 saturated heterocycles. The Bertz CT molecular complexity index is 647. The van der Waals surface area contributed by atoms with E-state index in [1.54, 1.807) is 43.5 Å². The van der Waals surface area contributed by atoms with Crippen molar-refractivity contribution >= 4 is 17.6 Å². The van der Waals surface area contributed by atoms with Crippen LogP contribution in [-0.4, -0.2) is 19.0 Å². The van der Waals surface area contributed by atoms with E-state index >= 15 is 0 Å². The average molecular weight is 299 g/mol. The lowest BCUT2D eigenvalue weighted by Gasteiger charge is -2.07. The largest absolute Gasteiger partial charge is 0.423 e. The molecular formula is C17H17NO4. The van der Waals surface area contributed by atoms with Crippen LogP contribution in [0.3, 0.4) is 0 Å². The van der Waals surface area contributed by atoms with Crippen molar-refractivity contribution in [1.82, 2.24) is 0 Å². The van der Waals surface area contributed by atoms with E-state index < -0.39 is 5.97 Å². The summed E-state index contributed by atoms with van der Waals surface area (Å²) in [7, 11) is 1.62. The Labute approximate surface area is 128 Å². The summed E-state index contributed by atoms with van der Waals surface area (Å²) >= 11 is 0. The Morgan fingerprint density at radius 2 is 1.64 bits per heavy atom. The molecule has 0 atom stereocenters. The molecule has 0 bridgehead atoms. The molecule has 0 unspecified atom stereocenters. The zero-order valence-electron chi connectivity index (χ0n) is 12.5. The number of nitrogens with one attached hydrogen (secondary N) is 1. The predicted octanol–water partition coefficient (Wildman–Crippen LogP) is 3.01. The second-order valence-electron chi connectivity index (χ2n) is 4.73. The molecule has 0 fully saturated rings. The number of carbonyl (C=O) groups is 2. The topological polar surface area (TPSA) is 64.6 Å². The van der Waals surface area contributed by atoms with Gasteiger partial charge in [0.2, 0.25) is 5.91 Å². The number of rotatable bonds is 5. The van der Waals surface area contributed by atoms with Gasteiger partial charge in [-0.1, -0.05) is 12.1 Å². The molecule has 5 heteroatoms. The smallest absolute Gasteiger partial charge is 0.343 e. The zero-order chi connectivity index (χ0) is 15.9. The number of hydrogen-bond acceptors (Lipinski definition) is 4. The first-order valence-corrected chi connectivity index (χ1v) is 6.76. The van der Waals surface area contributed by atoms with E-state index in [4.69, 9.17) is 9.47 Å². The Hall–Kier alpha value is -2.66. The Morgan fingerprint density at radius 1 is 1.00 bits per heavy atom. The molecule has 2 aromatic carbocycles. The SMILES string of the molecule is COCc1ccc(C(=O)Oc2ccc(NC(C)=O)cc2)cc1. The monoisotopic (exact) mass is 299 g/mol. The van der Waals surface area contributed by atoms with Crippen LogP contribution in [0.15, 0.2) is 48.5 Å². The minimum Gasteiger partial charge on any atom is -0.423 e. The molecule has 5 nitrogen and oxygen atoms in total. The van der Waals surface area contributed by atoms with Gasteiger partial charge in [-0.3, -0.25) is 4.79 Å². The highest BCUT2D eigenvalue weighted by molar-refractivity contribution is 5.91. The molecule has 2 rings (SSSR count). The number of anilines is 1. The van der Waals surface area contributed by atoms with E-state index in [1.165, 1.54) is 6.92 Å². The summed E-state index contributed by atoms with van der Waals surface area (Å²) in [5.74, 6) is -0.169. The minimum atomic E-state index is -0.434. The highest BCUT2D eigenvalue weighted by Crippen LogP contribution is 2.17. The van der Waals surface area contributed by atoms with Gasteiger partial charge in [-0.15, -0.1) is 0 Å². The first-order valence-electron chi connectivity index (χ1n) is 6.76. The molecule has 0 aliphatic rings. The normalized spacial score (nSPS) is 10.1. The van der Waals surface area contributed by atoms with E-state index in [2.05, 4.69) is 5.32 Å². The summed E-state index contributed by atoms with van der Waals surface area (Å²) in [6.07, 6.45) is 0. The Balaban J connectivity index is 2.00. The molecule has 2 aromatic rings. The van der Waals surface area contributed by atoms with Gasteiger partial charge in [0.05, 0.1) is 12.2 Å². The number of carbonyl (C=O) groups excluding carboxylic acids is 2. The lowest BCUT2D eigenvalue weighted by molar-refractivity contribution is -0.114. The van der Waals surface area contributed by atoms with Crippen LogP contribution < -0.4 is 10.1 Å². The molecule has 0 aliphatic carbocycles. The number of hydrogen-bond donors (Lipinski definition) is 1. The second-order valence-corrected chi connectivity index (χ2v) is 4.73.